The molecule has 4 nitrogen and oxygen atoms in total. The third-order valence-corrected chi connectivity index (χ3v) is 2.57. The smallest absolute Gasteiger partial charge is 0.434 e. The lowest BCUT2D eigenvalue weighted by atomic mass is 9.93. The number of alkyl halides is 5. The van der Waals surface area contributed by atoms with E-state index in [0.717, 1.165) is 0 Å². The Hall–Kier alpha value is -1.93. The van der Waals surface area contributed by atoms with Crippen LogP contribution in [0.1, 0.15) is 53.5 Å². The van der Waals surface area contributed by atoms with Crippen LogP contribution in [0.3, 0.4) is 0 Å². The summed E-state index contributed by atoms with van der Waals surface area (Å²) < 4.78 is 63.9. The maximum absolute atomic E-state index is 12.8. The predicted molar refractivity (Wildman–Crippen MR) is 59.7 cm³/mol. The third kappa shape index (κ3) is 2.81. The Bertz CT molecular complexity index is 541. The molecule has 0 aliphatic carbocycles. The van der Waals surface area contributed by atoms with E-state index in [-0.39, 0.29) is 0 Å². The van der Waals surface area contributed by atoms with Gasteiger partial charge in [-0.1, -0.05) is 13.8 Å². The van der Waals surface area contributed by atoms with Gasteiger partial charge in [-0.3, -0.25) is 0 Å². The quantitative estimate of drug-likeness (QED) is 0.838. The average Bonchev–Trinajstić information content (AvgIpc) is 2.25. The summed E-state index contributed by atoms with van der Waals surface area (Å²) in [5, 5.41) is 8.93. The Morgan fingerprint density at radius 1 is 1.30 bits per heavy atom. The number of pyridine rings is 1. The lowest BCUT2D eigenvalue weighted by Crippen LogP contribution is -2.22. The van der Waals surface area contributed by atoms with Gasteiger partial charge in [0.15, 0.2) is 5.69 Å². The summed E-state index contributed by atoms with van der Waals surface area (Å²) in [6, 6.07) is 0. The van der Waals surface area contributed by atoms with E-state index in [4.69, 9.17) is 10.8 Å². The molecule has 0 spiro atoms. The van der Waals surface area contributed by atoms with E-state index in [1.165, 1.54) is 13.8 Å². The molecule has 1 aromatic rings. The standard InChI is InChI=1S/C11H11F5N2O2/c1-3(2)4-5(10(19)20)8(11(14,15)16)18-7(6(4)17)9(12)13/h3,9H,17H2,1-2H3,(H,19,20). The number of hydrogen-bond donors (Lipinski definition) is 2. The van der Waals surface area contributed by atoms with E-state index in [2.05, 4.69) is 4.98 Å². The van der Waals surface area contributed by atoms with E-state index in [0.29, 0.717) is 0 Å². The minimum absolute atomic E-state index is 0.491. The van der Waals surface area contributed by atoms with Crippen molar-refractivity contribution in [1.29, 1.82) is 0 Å². The number of carbonyl (C=O) groups is 1. The van der Waals surface area contributed by atoms with Crippen molar-refractivity contribution in [2.24, 2.45) is 0 Å². The van der Waals surface area contributed by atoms with Crippen LogP contribution in [0.5, 0.6) is 0 Å². The van der Waals surface area contributed by atoms with Crippen molar-refractivity contribution in [3.63, 3.8) is 0 Å². The molecule has 9 heteroatoms. The second-order valence-corrected chi connectivity index (χ2v) is 4.31. The van der Waals surface area contributed by atoms with Crippen LogP contribution >= 0.6 is 0 Å². The molecule has 112 valence electrons. The monoisotopic (exact) mass is 298 g/mol. The van der Waals surface area contributed by atoms with Crippen LogP contribution in [0.25, 0.3) is 0 Å². The summed E-state index contributed by atoms with van der Waals surface area (Å²) >= 11 is 0. The number of aromatic carboxylic acids is 1. The van der Waals surface area contributed by atoms with Crippen molar-refractivity contribution in [2.75, 3.05) is 5.73 Å². The van der Waals surface area contributed by atoms with Gasteiger partial charge >= 0.3 is 12.1 Å². The zero-order valence-corrected chi connectivity index (χ0v) is 10.4. The second-order valence-electron chi connectivity index (χ2n) is 4.31. The normalized spacial score (nSPS) is 12.2. The Kier molecular flexibility index (Phi) is 4.21. The van der Waals surface area contributed by atoms with Crippen molar-refractivity contribution >= 4 is 11.7 Å². The van der Waals surface area contributed by atoms with Crippen LogP contribution in [0, 0.1) is 0 Å². The van der Waals surface area contributed by atoms with Gasteiger partial charge in [-0.15, -0.1) is 0 Å². The summed E-state index contributed by atoms with van der Waals surface area (Å²) in [5.74, 6) is -2.70. The Balaban J connectivity index is 3.88. The highest BCUT2D eigenvalue weighted by Gasteiger charge is 2.41. The molecule has 0 saturated heterocycles. The van der Waals surface area contributed by atoms with Gasteiger partial charge in [0, 0.05) is 0 Å². The highest BCUT2D eigenvalue weighted by atomic mass is 19.4. The van der Waals surface area contributed by atoms with Gasteiger partial charge in [0.2, 0.25) is 0 Å². The maximum Gasteiger partial charge on any atom is 0.434 e. The summed E-state index contributed by atoms with van der Waals surface area (Å²) in [5.41, 5.74) is -0.157. The topological polar surface area (TPSA) is 76.2 Å². The van der Waals surface area contributed by atoms with Crippen molar-refractivity contribution < 1.29 is 31.9 Å². The fraction of sp³-hybridized carbons (Fsp3) is 0.455. The molecule has 1 rings (SSSR count). The molecule has 20 heavy (non-hydrogen) atoms. The van der Waals surface area contributed by atoms with Crippen LogP contribution in [-0.2, 0) is 6.18 Å². The molecule has 0 aromatic carbocycles. The molecule has 0 aliphatic heterocycles. The summed E-state index contributed by atoms with van der Waals surface area (Å²) in [7, 11) is 0. The van der Waals surface area contributed by atoms with Gasteiger partial charge in [0.1, 0.15) is 5.69 Å². The number of aromatic nitrogens is 1. The number of hydrogen-bond acceptors (Lipinski definition) is 3. The van der Waals surface area contributed by atoms with Gasteiger partial charge < -0.3 is 10.8 Å². The predicted octanol–water partition coefficient (Wildman–Crippen LogP) is 3.44. The molecule has 1 aromatic heterocycles. The van der Waals surface area contributed by atoms with Gasteiger partial charge in [-0.2, -0.15) is 13.2 Å². The maximum atomic E-state index is 12.8. The molecule has 0 unspecified atom stereocenters. The molecule has 3 N–H and O–H groups in total. The van der Waals surface area contributed by atoms with Crippen molar-refractivity contribution in [3.05, 3.63) is 22.5 Å². The first-order valence-electron chi connectivity index (χ1n) is 5.40. The molecule has 0 amide bonds. The van der Waals surface area contributed by atoms with E-state index in [1.54, 1.807) is 0 Å². The lowest BCUT2D eigenvalue weighted by molar-refractivity contribution is -0.142. The zero-order valence-electron chi connectivity index (χ0n) is 10.4. The number of halogens is 5. The minimum atomic E-state index is -5.17. The third-order valence-electron chi connectivity index (χ3n) is 2.57. The molecular formula is C11H11F5N2O2. The first-order valence-corrected chi connectivity index (χ1v) is 5.40. The largest absolute Gasteiger partial charge is 0.478 e. The molecule has 0 bridgehead atoms. The Morgan fingerprint density at radius 3 is 2.10 bits per heavy atom. The molecule has 0 atom stereocenters. The van der Waals surface area contributed by atoms with E-state index in [9.17, 15) is 26.7 Å². The first-order chi connectivity index (χ1) is 8.98. The van der Waals surface area contributed by atoms with Crippen molar-refractivity contribution in [3.8, 4) is 0 Å². The average molecular weight is 298 g/mol. The van der Waals surface area contributed by atoms with Crippen LogP contribution in [0.15, 0.2) is 0 Å². The minimum Gasteiger partial charge on any atom is -0.478 e. The van der Waals surface area contributed by atoms with Crippen LogP contribution in [0.2, 0.25) is 0 Å². The highest BCUT2D eigenvalue weighted by molar-refractivity contribution is 5.93. The molecule has 0 aliphatic rings. The SMILES string of the molecule is CC(C)c1c(N)c(C(F)F)nc(C(F)(F)F)c1C(=O)O. The number of rotatable bonds is 3. The fourth-order valence-corrected chi connectivity index (χ4v) is 1.82. The zero-order chi connectivity index (χ0) is 15.8. The number of nitrogens with two attached hydrogens (primary N) is 1. The number of carboxylic acids is 1. The summed E-state index contributed by atoms with van der Waals surface area (Å²) in [4.78, 5) is 13.8. The fourth-order valence-electron chi connectivity index (χ4n) is 1.82. The van der Waals surface area contributed by atoms with E-state index < -0.39 is 52.7 Å². The van der Waals surface area contributed by atoms with Gasteiger partial charge in [0.05, 0.1) is 11.3 Å². The van der Waals surface area contributed by atoms with Gasteiger partial charge in [-0.05, 0) is 11.5 Å². The van der Waals surface area contributed by atoms with E-state index >= 15 is 0 Å². The van der Waals surface area contributed by atoms with Crippen LogP contribution < -0.4 is 5.73 Å². The number of nitrogen functional groups attached to an aromatic ring is 1. The van der Waals surface area contributed by atoms with Crippen molar-refractivity contribution in [1.82, 2.24) is 4.98 Å². The summed E-state index contributed by atoms with van der Waals surface area (Å²) in [6.45, 7) is 2.71. The number of nitrogens with zero attached hydrogens (tertiary/aromatic N) is 1. The highest BCUT2D eigenvalue weighted by Crippen LogP contribution is 2.40. The van der Waals surface area contributed by atoms with Gasteiger partial charge in [-0.25, -0.2) is 18.6 Å². The molecule has 0 fully saturated rings. The first kappa shape index (κ1) is 16.1. The van der Waals surface area contributed by atoms with Crippen LogP contribution in [-0.4, -0.2) is 16.1 Å². The number of carboxylic acid groups (broad SMARTS) is 1. The van der Waals surface area contributed by atoms with E-state index in [1.807, 2.05) is 0 Å². The lowest BCUT2D eigenvalue weighted by Gasteiger charge is -2.20. The number of anilines is 1. The molecule has 0 radical (unpaired) electrons. The Morgan fingerprint density at radius 2 is 1.80 bits per heavy atom. The molecular weight excluding hydrogens is 287 g/mol. The molecule has 0 saturated carbocycles. The van der Waals surface area contributed by atoms with Gasteiger partial charge in [0.25, 0.3) is 6.43 Å². The van der Waals surface area contributed by atoms with Crippen molar-refractivity contribution in [2.45, 2.75) is 32.4 Å². The summed E-state index contributed by atoms with van der Waals surface area (Å²) in [6.07, 6.45) is -8.51. The second kappa shape index (κ2) is 5.22. The molecule has 1 heterocycles. The Labute approximate surface area is 110 Å². The van der Waals surface area contributed by atoms with Crippen LogP contribution in [0.4, 0.5) is 27.6 Å².